The molecule has 0 aliphatic rings. The van der Waals surface area contributed by atoms with Gasteiger partial charge in [0.1, 0.15) is 0 Å². The molecule has 0 saturated carbocycles. The molecule has 1 atom stereocenters. The number of aliphatic hydroxyl groups excluding tert-OH is 1. The number of hydrogen-bond acceptors (Lipinski definition) is 4. The number of nitrogens with one attached hydrogen (secondary N) is 2. The van der Waals surface area contributed by atoms with Crippen LogP contribution in [-0.2, 0) is 0 Å². The van der Waals surface area contributed by atoms with Crippen molar-refractivity contribution in [2.24, 2.45) is 5.92 Å². The zero-order valence-electron chi connectivity index (χ0n) is 13.7. The number of para-hydroxylation sites is 1. The molecule has 5 nitrogen and oxygen atoms in total. The number of benzene rings is 1. The molecule has 0 saturated heterocycles. The quantitative estimate of drug-likeness (QED) is 0.675. The minimum Gasteiger partial charge on any atom is -0.394 e. The summed E-state index contributed by atoms with van der Waals surface area (Å²) < 4.78 is 0. The van der Waals surface area contributed by atoms with Crippen molar-refractivity contribution in [3.05, 3.63) is 42.2 Å². The lowest BCUT2D eigenvalue weighted by Crippen LogP contribution is -2.30. The summed E-state index contributed by atoms with van der Waals surface area (Å²) in [6.45, 7) is 6.22. The van der Waals surface area contributed by atoms with Gasteiger partial charge in [-0.3, -0.25) is 0 Å². The Morgan fingerprint density at radius 3 is 2.74 bits per heavy atom. The van der Waals surface area contributed by atoms with Crippen molar-refractivity contribution in [1.29, 1.82) is 0 Å². The summed E-state index contributed by atoms with van der Waals surface area (Å²) in [5.41, 5.74) is 4.15. The normalized spacial score (nSPS) is 12.7. The fourth-order valence-electron chi connectivity index (χ4n) is 2.76. The molecule has 3 N–H and O–H groups in total. The third-order valence-electron chi connectivity index (χ3n) is 4.12. The summed E-state index contributed by atoms with van der Waals surface area (Å²) in [5.74, 6) is 0.835. The van der Waals surface area contributed by atoms with E-state index in [1.54, 1.807) is 6.20 Å². The molecule has 0 fully saturated rings. The zero-order valence-corrected chi connectivity index (χ0v) is 13.7. The number of aromatic nitrogens is 3. The maximum Gasteiger partial charge on any atom is 0.223 e. The van der Waals surface area contributed by atoms with Crippen LogP contribution in [0.4, 0.5) is 5.95 Å². The number of aromatic amines is 1. The molecule has 1 aromatic carbocycles. The molecule has 5 heteroatoms. The molecule has 0 amide bonds. The summed E-state index contributed by atoms with van der Waals surface area (Å²) in [4.78, 5) is 12.3. The van der Waals surface area contributed by atoms with Gasteiger partial charge in [-0.2, -0.15) is 0 Å². The van der Waals surface area contributed by atoms with Gasteiger partial charge in [-0.05, 0) is 25.0 Å². The van der Waals surface area contributed by atoms with Crippen LogP contribution in [0.25, 0.3) is 22.2 Å². The summed E-state index contributed by atoms with van der Waals surface area (Å²) in [5, 5.41) is 13.8. The second-order valence-electron chi connectivity index (χ2n) is 6.11. The van der Waals surface area contributed by atoms with Crippen LogP contribution in [0.1, 0.15) is 19.5 Å². The van der Waals surface area contributed by atoms with Crippen LogP contribution < -0.4 is 5.32 Å². The predicted molar refractivity (Wildman–Crippen MR) is 93.4 cm³/mol. The maximum atomic E-state index is 9.47. The first-order valence-electron chi connectivity index (χ1n) is 7.88. The first kappa shape index (κ1) is 15.5. The smallest absolute Gasteiger partial charge is 0.223 e. The van der Waals surface area contributed by atoms with E-state index in [1.807, 2.05) is 18.2 Å². The number of aryl methyl sites for hydroxylation is 1. The van der Waals surface area contributed by atoms with Crippen LogP contribution in [0.2, 0.25) is 0 Å². The van der Waals surface area contributed by atoms with Gasteiger partial charge in [0.15, 0.2) is 0 Å². The van der Waals surface area contributed by atoms with Crippen molar-refractivity contribution < 1.29 is 5.11 Å². The molecule has 3 rings (SSSR count). The lowest BCUT2D eigenvalue weighted by atomic mass is 10.1. The third kappa shape index (κ3) is 3.05. The van der Waals surface area contributed by atoms with E-state index in [2.05, 4.69) is 53.2 Å². The molecule has 0 unspecified atom stereocenters. The van der Waals surface area contributed by atoms with Gasteiger partial charge in [0.25, 0.3) is 0 Å². The highest BCUT2D eigenvalue weighted by Crippen LogP contribution is 2.31. The van der Waals surface area contributed by atoms with Crippen molar-refractivity contribution in [1.82, 2.24) is 15.0 Å². The minimum atomic E-state index is -0.0608. The first-order valence-corrected chi connectivity index (χ1v) is 7.88. The summed E-state index contributed by atoms with van der Waals surface area (Å²) in [6, 6.07) is 10.1. The highest BCUT2D eigenvalue weighted by Gasteiger charge is 2.15. The lowest BCUT2D eigenvalue weighted by molar-refractivity contribution is 0.248. The molecular weight excluding hydrogens is 288 g/mol. The van der Waals surface area contributed by atoms with Crippen molar-refractivity contribution in [2.45, 2.75) is 26.8 Å². The van der Waals surface area contributed by atoms with E-state index in [-0.39, 0.29) is 12.6 Å². The Labute approximate surface area is 135 Å². The summed E-state index contributed by atoms with van der Waals surface area (Å²) in [7, 11) is 0. The average molecular weight is 310 g/mol. The van der Waals surface area contributed by atoms with E-state index in [0.717, 1.165) is 27.9 Å². The van der Waals surface area contributed by atoms with E-state index in [4.69, 9.17) is 0 Å². The number of rotatable bonds is 5. The molecule has 0 bridgehead atoms. The molecule has 0 spiro atoms. The number of fused-ring (bicyclic) bond motifs is 1. The number of anilines is 1. The van der Waals surface area contributed by atoms with Crippen LogP contribution in [0.3, 0.4) is 0 Å². The molecule has 2 heterocycles. The number of nitrogens with zero attached hydrogens (tertiary/aromatic N) is 2. The fraction of sp³-hybridized carbons (Fsp3) is 0.333. The second kappa shape index (κ2) is 6.38. The highest BCUT2D eigenvalue weighted by atomic mass is 16.3. The number of hydrogen-bond donors (Lipinski definition) is 3. The predicted octanol–water partition coefficient (Wildman–Crippen LogP) is 3.36. The third-order valence-corrected chi connectivity index (χ3v) is 4.12. The van der Waals surface area contributed by atoms with Crippen LogP contribution in [0.15, 0.2) is 36.5 Å². The Morgan fingerprint density at radius 1 is 1.22 bits per heavy atom. The standard InChI is InChI=1S/C18H22N4O/c1-11(2)16(10-23)22-18-19-9-8-15(21-18)17-12(3)20-14-7-5-4-6-13(14)17/h4-9,11,16,20,23H,10H2,1-3H3,(H,19,21,22)/t16-/m0/s1. The first-order chi connectivity index (χ1) is 11.1. The van der Waals surface area contributed by atoms with E-state index in [9.17, 15) is 5.11 Å². The van der Waals surface area contributed by atoms with Gasteiger partial charge in [-0.25, -0.2) is 9.97 Å². The Bertz CT molecular complexity index is 810. The lowest BCUT2D eigenvalue weighted by Gasteiger charge is -2.19. The topological polar surface area (TPSA) is 73.8 Å². The fourth-order valence-corrected chi connectivity index (χ4v) is 2.76. The summed E-state index contributed by atoms with van der Waals surface area (Å²) in [6.07, 6.45) is 1.75. The zero-order chi connectivity index (χ0) is 16.4. The van der Waals surface area contributed by atoms with Crippen LogP contribution in [0.5, 0.6) is 0 Å². The monoisotopic (exact) mass is 310 g/mol. The molecular formula is C18H22N4O. The Kier molecular flexibility index (Phi) is 4.30. The van der Waals surface area contributed by atoms with Crippen LogP contribution in [-0.4, -0.2) is 32.7 Å². The molecule has 3 aromatic rings. The highest BCUT2D eigenvalue weighted by molar-refractivity contribution is 5.96. The van der Waals surface area contributed by atoms with Gasteiger partial charge in [0.05, 0.1) is 18.3 Å². The molecule has 0 aliphatic carbocycles. The van der Waals surface area contributed by atoms with Gasteiger partial charge in [-0.1, -0.05) is 32.0 Å². The molecule has 120 valence electrons. The minimum absolute atomic E-state index is 0.0529. The Balaban J connectivity index is 2.00. The Hall–Kier alpha value is -2.40. The van der Waals surface area contributed by atoms with E-state index in [0.29, 0.717) is 11.9 Å². The van der Waals surface area contributed by atoms with Crippen molar-refractivity contribution >= 4 is 16.9 Å². The molecule has 2 aromatic heterocycles. The maximum absolute atomic E-state index is 9.47. The van der Waals surface area contributed by atoms with Crippen molar-refractivity contribution in [2.75, 3.05) is 11.9 Å². The van der Waals surface area contributed by atoms with E-state index in [1.165, 1.54) is 0 Å². The van der Waals surface area contributed by atoms with Gasteiger partial charge in [-0.15, -0.1) is 0 Å². The van der Waals surface area contributed by atoms with Gasteiger partial charge in [0.2, 0.25) is 5.95 Å². The van der Waals surface area contributed by atoms with Gasteiger partial charge < -0.3 is 15.4 Å². The van der Waals surface area contributed by atoms with Gasteiger partial charge in [0, 0.05) is 28.4 Å². The molecule has 23 heavy (non-hydrogen) atoms. The molecule has 0 radical (unpaired) electrons. The van der Waals surface area contributed by atoms with Gasteiger partial charge >= 0.3 is 0 Å². The van der Waals surface area contributed by atoms with E-state index < -0.39 is 0 Å². The van der Waals surface area contributed by atoms with E-state index >= 15 is 0 Å². The molecule has 0 aliphatic heterocycles. The largest absolute Gasteiger partial charge is 0.394 e. The van der Waals surface area contributed by atoms with Crippen molar-refractivity contribution in [3.63, 3.8) is 0 Å². The SMILES string of the molecule is Cc1[nH]c2ccccc2c1-c1ccnc(N[C@@H](CO)C(C)C)n1. The average Bonchev–Trinajstić information content (AvgIpc) is 2.88. The van der Waals surface area contributed by atoms with Crippen LogP contribution >= 0.6 is 0 Å². The van der Waals surface area contributed by atoms with Crippen LogP contribution in [0, 0.1) is 12.8 Å². The van der Waals surface area contributed by atoms with Crippen molar-refractivity contribution in [3.8, 4) is 11.3 Å². The number of aliphatic hydroxyl groups is 1. The number of H-pyrrole nitrogens is 1. The second-order valence-corrected chi connectivity index (χ2v) is 6.11. The Morgan fingerprint density at radius 2 is 2.00 bits per heavy atom. The summed E-state index contributed by atoms with van der Waals surface area (Å²) >= 11 is 0.